The third-order valence-electron chi connectivity index (χ3n) is 6.91. The van der Waals surface area contributed by atoms with Gasteiger partial charge >= 0.3 is 6.18 Å². The maximum Gasteiger partial charge on any atom is 0.417 e. The van der Waals surface area contributed by atoms with E-state index >= 15 is 0 Å². The van der Waals surface area contributed by atoms with Crippen LogP contribution in [0, 0.1) is 11.3 Å². The fraction of sp³-hybridized carbons (Fsp3) is 0.444. The number of carbonyl (C=O) groups excluding carboxylic acids is 1. The van der Waals surface area contributed by atoms with E-state index in [1.165, 1.54) is 6.07 Å². The molecule has 2 aromatic carbocycles. The topological polar surface area (TPSA) is 71.8 Å². The number of nitrogens with one attached hydrogen (secondary N) is 1. The highest BCUT2D eigenvalue weighted by Gasteiger charge is 2.50. The highest BCUT2D eigenvalue weighted by atomic mass is 35.5. The number of aryl methyl sites for hydroxylation is 1. The van der Waals surface area contributed by atoms with Crippen LogP contribution < -0.4 is 19.9 Å². The molecule has 2 aromatic rings. The van der Waals surface area contributed by atoms with E-state index in [1.807, 2.05) is 25.1 Å². The number of amides is 1. The minimum absolute atomic E-state index is 0. The highest BCUT2D eigenvalue weighted by Crippen LogP contribution is 2.40. The molecule has 12 heteroatoms. The average molecular weight is 582 g/mol. The number of thiocarbonyl (C=S) groups is 1. The van der Waals surface area contributed by atoms with Crippen LogP contribution in [-0.2, 0) is 17.4 Å². The molecule has 2 fully saturated rings. The quantitative estimate of drug-likeness (QED) is 0.473. The Kier molecular flexibility index (Phi) is 9.49. The number of carbonyl (C=O) groups is 1. The number of halogens is 4. The molecule has 210 valence electrons. The van der Waals surface area contributed by atoms with Gasteiger partial charge in [-0.2, -0.15) is 18.4 Å². The Balaban J connectivity index is 0.00000420. The molecule has 0 unspecified atom stereocenters. The Morgan fingerprint density at radius 3 is 2.41 bits per heavy atom. The van der Waals surface area contributed by atoms with E-state index in [9.17, 15) is 18.0 Å². The van der Waals surface area contributed by atoms with Gasteiger partial charge in [0, 0.05) is 38.4 Å². The summed E-state index contributed by atoms with van der Waals surface area (Å²) in [5, 5.41) is 12.5. The van der Waals surface area contributed by atoms with Crippen molar-refractivity contribution in [1.29, 1.82) is 5.26 Å². The van der Waals surface area contributed by atoms with Crippen molar-refractivity contribution in [2.45, 2.75) is 38.9 Å². The van der Waals surface area contributed by atoms with Crippen LogP contribution in [0.25, 0.3) is 0 Å². The first-order valence-electron chi connectivity index (χ1n) is 12.5. The molecule has 0 bridgehead atoms. The van der Waals surface area contributed by atoms with E-state index in [0.717, 1.165) is 61.1 Å². The predicted octanol–water partition coefficient (Wildman–Crippen LogP) is 4.76. The molecule has 2 aliphatic heterocycles. The van der Waals surface area contributed by atoms with E-state index in [1.54, 1.807) is 24.8 Å². The molecule has 0 saturated carbocycles. The second kappa shape index (κ2) is 12.1. The Hall–Kier alpha value is -2.91. The normalized spacial score (nSPS) is 17.7. The number of alkyl halides is 3. The summed E-state index contributed by atoms with van der Waals surface area (Å²) in [7, 11) is 0. The first-order chi connectivity index (χ1) is 18.0. The standard InChI is InChI=1S/C27H30F3N5O2S.ClH/c1-4-18-15-21(7-8-23(18)37-14-13-33-11-9-32-10-12-33)35-25(38)34(24(36)26(35,2)3)20-6-5-19(17-31)22(16-20)27(28,29)30;/h5-8,15-16,32H,4,9-14H2,1-3H3;1H. The van der Waals surface area contributed by atoms with Gasteiger partial charge in [-0.25, -0.2) is 0 Å². The summed E-state index contributed by atoms with van der Waals surface area (Å²) < 4.78 is 46.9. The van der Waals surface area contributed by atoms with Crippen LogP contribution in [0.15, 0.2) is 36.4 Å². The van der Waals surface area contributed by atoms with Crippen LogP contribution in [0.5, 0.6) is 5.75 Å². The largest absolute Gasteiger partial charge is 0.492 e. The van der Waals surface area contributed by atoms with Crippen LogP contribution in [0.4, 0.5) is 24.5 Å². The Morgan fingerprint density at radius 2 is 1.79 bits per heavy atom. The van der Waals surface area contributed by atoms with Crippen LogP contribution in [0.1, 0.15) is 37.5 Å². The number of ether oxygens (including phenoxy) is 1. The van der Waals surface area contributed by atoms with Gasteiger partial charge in [-0.15, -0.1) is 12.4 Å². The van der Waals surface area contributed by atoms with Crippen LogP contribution in [0.2, 0.25) is 0 Å². The minimum atomic E-state index is -4.75. The zero-order chi connectivity index (χ0) is 27.7. The van der Waals surface area contributed by atoms with E-state index < -0.39 is 28.7 Å². The molecule has 39 heavy (non-hydrogen) atoms. The predicted molar refractivity (Wildman–Crippen MR) is 151 cm³/mol. The van der Waals surface area contributed by atoms with Gasteiger partial charge in [-0.05, 0) is 74.4 Å². The summed E-state index contributed by atoms with van der Waals surface area (Å²) in [5.74, 6) is 0.286. The second-order valence-electron chi connectivity index (χ2n) is 9.74. The van der Waals surface area contributed by atoms with Gasteiger partial charge in [0.05, 0.1) is 22.9 Å². The molecule has 4 rings (SSSR count). The summed E-state index contributed by atoms with van der Waals surface area (Å²) in [4.78, 5) is 18.6. The first-order valence-corrected chi connectivity index (χ1v) is 12.9. The summed E-state index contributed by atoms with van der Waals surface area (Å²) in [5.41, 5.74) is -1.24. The van der Waals surface area contributed by atoms with Gasteiger partial charge in [0.15, 0.2) is 5.11 Å². The monoisotopic (exact) mass is 581 g/mol. The number of hydrogen-bond acceptors (Lipinski definition) is 6. The molecule has 7 nitrogen and oxygen atoms in total. The maximum absolute atomic E-state index is 13.6. The number of rotatable bonds is 7. The summed E-state index contributed by atoms with van der Waals surface area (Å²) >= 11 is 5.65. The number of anilines is 2. The number of benzene rings is 2. The molecule has 1 N–H and O–H groups in total. The zero-order valence-electron chi connectivity index (χ0n) is 22.0. The van der Waals surface area contributed by atoms with Gasteiger partial charge in [-0.1, -0.05) is 6.92 Å². The first kappa shape index (κ1) is 30.6. The fourth-order valence-electron chi connectivity index (χ4n) is 4.80. The van der Waals surface area contributed by atoms with Crippen molar-refractivity contribution < 1.29 is 22.7 Å². The third-order valence-corrected chi connectivity index (χ3v) is 7.28. The fourth-order valence-corrected chi connectivity index (χ4v) is 5.32. The smallest absolute Gasteiger partial charge is 0.417 e. The van der Waals surface area contributed by atoms with Crippen LogP contribution >= 0.6 is 24.6 Å². The van der Waals surface area contributed by atoms with Crippen molar-refractivity contribution in [2.75, 3.05) is 49.1 Å². The Labute approximate surface area is 237 Å². The number of piperazine rings is 1. The molecular weight excluding hydrogens is 551 g/mol. The SMILES string of the molecule is CCc1cc(N2C(=S)N(c3ccc(C#N)c(C(F)(F)F)c3)C(=O)C2(C)C)ccc1OCCN1CCNCC1.Cl. The molecule has 2 aliphatic rings. The Morgan fingerprint density at radius 1 is 1.13 bits per heavy atom. The lowest BCUT2D eigenvalue weighted by molar-refractivity contribution is -0.137. The number of hydrogen-bond donors (Lipinski definition) is 1. The van der Waals surface area contributed by atoms with Crippen molar-refractivity contribution in [3.63, 3.8) is 0 Å². The molecule has 0 aromatic heterocycles. The summed E-state index contributed by atoms with van der Waals surface area (Å²) in [6.07, 6.45) is -4.07. The second-order valence-corrected chi connectivity index (χ2v) is 10.1. The molecule has 0 atom stereocenters. The number of nitrogens with zero attached hydrogens (tertiary/aromatic N) is 4. The van der Waals surface area contributed by atoms with Gasteiger partial charge < -0.3 is 15.0 Å². The summed E-state index contributed by atoms with van der Waals surface area (Å²) in [6, 6.07) is 10.3. The van der Waals surface area contributed by atoms with E-state index in [4.69, 9.17) is 22.2 Å². The Bertz CT molecular complexity index is 1280. The molecule has 0 aliphatic carbocycles. The highest BCUT2D eigenvalue weighted by molar-refractivity contribution is 7.81. The molecular formula is C27H31ClF3N5O2S. The van der Waals surface area contributed by atoms with Gasteiger partial charge in [-0.3, -0.25) is 14.6 Å². The van der Waals surface area contributed by atoms with Crippen LogP contribution in [-0.4, -0.2) is 60.8 Å². The summed E-state index contributed by atoms with van der Waals surface area (Å²) in [6.45, 7) is 10.6. The van der Waals surface area contributed by atoms with Gasteiger partial charge in [0.1, 0.15) is 17.9 Å². The number of nitriles is 1. The van der Waals surface area contributed by atoms with Crippen LogP contribution in [0.3, 0.4) is 0 Å². The zero-order valence-corrected chi connectivity index (χ0v) is 23.6. The molecule has 2 heterocycles. The van der Waals surface area contributed by atoms with Crippen molar-refractivity contribution >= 4 is 47.0 Å². The maximum atomic E-state index is 13.6. The van der Waals surface area contributed by atoms with Crippen molar-refractivity contribution in [1.82, 2.24) is 10.2 Å². The average Bonchev–Trinajstić information content (AvgIpc) is 3.07. The lowest BCUT2D eigenvalue weighted by Gasteiger charge is -2.30. The van der Waals surface area contributed by atoms with E-state index in [2.05, 4.69) is 10.2 Å². The molecule has 0 spiro atoms. The van der Waals surface area contributed by atoms with Crippen molar-refractivity contribution in [2.24, 2.45) is 0 Å². The lowest BCUT2D eigenvalue weighted by Crippen LogP contribution is -2.45. The molecule has 2 saturated heterocycles. The van der Waals surface area contributed by atoms with E-state index in [-0.39, 0.29) is 23.2 Å². The van der Waals surface area contributed by atoms with E-state index in [0.29, 0.717) is 18.7 Å². The minimum Gasteiger partial charge on any atom is -0.492 e. The van der Waals surface area contributed by atoms with Crippen molar-refractivity contribution in [3.05, 3.63) is 53.1 Å². The molecule has 0 radical (unpaired) electrons. The van der Waals surface area contributed by atoms with Gasteiger partial charge in [0.25, 0.3) is 5.91 Å². The lowest BCUT2D eigenvalue weighted by atomic mass is 10.0. The molecule has 1 amide bonds. The van der Waals surface area contributed by atoms with Crippen molar-refractivity contribution in [3.8, 4) is 11.8 Å². The third kappa shape index (κ3) is 6.14. The van der Waals surface area contributed by atoms with Gasteiger partial charge in [0.2, 0.25) is 0 Å².